The summed E-state index contributed by atoms with van der Waals surface area (Å²) in [5.41, 5.74) is -2.40. The molecule has 1 saturated carbocycles. The zero-order valence-corrected chi connectivity index (χ0v) is 18.0. The highest BCUT2D eigenvalue weighted by Gasteiger charge is 2.81. The van der Waals surface area contributed by atoms with E-state index in [1.807, 2.05) is 7.05 Å². The maximum absolute atomic E-state index is 14.1. The second-order valence-electron chi connectivity index (χ2n) is 10.3. The summed E-state index contributed by atoms with van der Waals surface area (Å²) in [5.74, 6) is -0.711. The molecule has 0 aromatic heterocycles. The molecular formula is C23H26N2O7. The summed E-state index contributed by atoms with van der Waals surface area (Å²) >= 11 is 0. The van der Waals surface area contributed by atoms with Gasteiger partial charge in [0.05, 0.1) is 43.4 Å². The summed E-state index contributed by atoms with van der Waals surface area (Å²) in [7, 11) is 3.43. The molecule has 1 aliphatic carbocycles. The number of carbonyl (C=O) groups excluding carboxylic acids is 2. The third-order valence-corrected chi connectivity index (χ3v) is 9.11. The van der Waals surface area contributed by atoms with E-state index in [0.717, 1.165) is 0 Å². The molecule has 5 saturated heterocycles. The molecule has 32 heavy (non-hydrogen) atoms. The highest BCUT2D eigenvalue weighted by molar-refractivity contribution is 6.08. The summed E-state index contributed by atoms with van der Waals surface area (Å²) in [6.45, 7) is 1.40. The molecule has 2 N–H and O–H groups in total. The quantitative estimate of drug-likeness (QED) is 0.583. The van der Waals surface area contributed by atoms with E-state index >= 15 is 0 Å². The molecule has 6 aliphatic heterocycles. The molecule has 1 amide bonds. The van der Waals surface area contributed by atoms with E-state index < -0.39 is 34.7 Å². The van der Waals surface area contributed by atoms with Crippen molar-refractivity contribution >= 4 is 17.4 Å². The largest absolute Gasteiger partial charge is 0.503 e. The van der Waals surface area contributed by atoms with Gasteiger partial charge in [0.25, 0.3) is 0 Å². The number of methoxy groups -OCH3 is 1. The summed E-state index contributed by atoms with van der Waals surface area (Å²) in [6.07, 6.45) is -0.291. The van der Waals surface area contributed by atoms with Crippen LogP contribution in [-0.2, 0) is 24.5 Å². The second kappa shape index (κ2) is 5.64. The molecule has 9 nitrogen and oxygen atoms in total. The molecule has 0 unspecified atom stereocenters. The number of phenolic OH excluding ortho intramolecular Hbond substituents is 1. The van der Waals surface area contributed by atoms with Crippen molar-refractivity contribution < 1.29 is 34.0 Å². The number of Topliss-reactive ketones (excluding diaryl/α,β-unsaturated/α-hetero) is 1. The molecule has 7 aliphatic rings. The molecule has 6 fully saturated rings. The molecular weight excluding hydrogens is 416 g/mol. The van der Waals surface area contributed by atoms with Gasteiger partial charge in [-0.15, -0.1) is 0 Å². The average molecular weight is 442 g/mol. The first kappa shape index (κ1) is 19.3. The number of phenols is 1. The van der Waals surface area contributed by atoms with Crippen LogP contribution in [0.5, 0.6) is 11.5 Å². The van der Waals surface area contributed by atoms with Crippen LogP contribution in [0.4, 0.5) is 5.69 Å². The minimum Gasteiger partial charge on any atom is -0.503 e. The monoisotopic (exact) mass is 442 g/mol. The lowest BCUT2D eigenvalue weighted by molar-refractivity contribution is -0.182. The van der Waals surface area contributed by atoms with Crippen LogP contribution in [0.25, 0.3) is 0 Å². The number of nitrogens with zero attached hydrogens (tertiary/aromatic N) is 2. The van der Waals surface area contributed by atoms with Gasteiger partial charge in [-0.2, -0.15) is 0 Å². The zero-order chi connectivity index (χ0) is 22.2. The van der Waals surface area contributed by atoms with Crippen molar-refractivity contribution in [2.24, 2.45) is 5.92 Å². The van der Waals surface area contributed by atoms with Crippen molar-refractivity contribution in [3.05, 3.63) is 17.7 Å². The van der Waals surface area contributed by atoms with E-state index in [9.17, 15) is 19.8 Å². The number of benzene rings is 1. The first-order valence-electron chi connectivity index (χ1n) is 11.2. The van der Waals surface area contributed by atoms with Gasteiger partial charge < -0.3 is 34.2 Å². The highest BCUT2D eigenvalue weighted by Crippen LogP contribution is 2.67. The number of anilines is 1. The second-order valence-corrected chi connectivity index (χ2v) is 10.3. The first-order chi connectivity index (χ1) is 15.3. The minimum atomic E-state index is -1.45. The number of rotatable bonds is 1. The SMILES string of the molecule is COc1ccc2c(c1O)N1C(=O)C[C@H]3OC[C@H]4O[C@]45CN(C)CC[C@]24C(=O)C[C@]5(O)[C@@H]3[C@H]14. The van der Waals surface area contributed by atoms with Crippen LogP contribution in [0, 0.1) is 5.92 Å². The number of aromatic hydroxyl groups is 1. The fraction of sp³-hybridized carbons (Fsp3) is 0.652. The predicted molar refractivity (Wildman–Crippen MR) is 110 cm³/mol. The van der Waals surface area contributed by atoms with Crippen LogP contribution in [0.3, 0.4) is 0 Å². The number of fused-ring (bicyclic) bond motifs is 6. The van der Waals surface area contributed by atoms with Crippen LogP contribution in [0.2, 0.25) is 0 Å². The van der Waals surface area contributed by atoms with Crippen LogP contribution in [0.15, 0.2) is 12.1 Å². The van der Waals surface area contributed by atoms with Gasteiger partial charge in [0, 0.05) is 18.9 Å². The third-order valence-electron chi connectivity index (χ3n) is 9.11. The number of ether oxygens (including phenoxy) is 3. The Bertz CT molecular complexity index is 1090. The zero-order valence-electron chi connectivity index (χ0n) is 18.0. The van der Waals surface area contributed by atoms with Crippen LogP contribution in [-0.4, -0.2) is 90.1 Å². The number of likely N-dealkylation sites (N-methyl/N-ethyl adjacent to an activating group) is 1. The van der Waals surface area contributed by atoms with Gasteiger partial charge in [-0.3, -0.25) is 9.59 Å². The minimum absolute atomic E-state index is 0.0490. The van der Waals surface area contributed by atoms with Gasteiger partial charge in [0.2, 0.25) is 5.91 Å². The van der Waals surface area contributed by atoms with Gasteiger partial charge in [-0.05, 0) is 31.6 Å². The summed E-state index contributed by atoms with van der Waals surface area (Å²) < 4.78 is 17.6. The summed E-state index contributed by atoms with van der Waals surface area (Å²) in [5, 5.41) is 23.4. The van der Waals surface area contributed by atoms with Gasteiger partial charge >= 0.3 is 0 Å². The maximum atomic E-state index is 14.1. The van der Waals surface area contributed by atoms with Crippen molar-refractivity contribution in [1.82, 2.24) is 4.90 Å². The van der Waals surface area contributed by atoms with E-state index in [4.69, 9.17) is 14.2 Å². The van der Waals surface area contributed by atoms with E-state index in [2.05, 4.69) is 4.90 Å². The van der Waals surface area contributed by atoms with E-state index in [1.165, 1.54) is 7.11 Å². The first-order valence-corrected chi connectivity index (χ1v) is 11.2. The topological polar surface area (TPSA) is 112 Å². The van der Waals surface area contributed by atoms with Gasteiger partial charge in [-0.25, -0.2) is 0 Å². The fourth-order valence-electron chi connectivity index (χ4n) is 7.72. The molecule has 7 atom stereocenters. The van der Waals surface area contributed by atoms with E-state index in [0.29, 0.717) is 37.4 Å². The molecule has 1 aromatic rings. The van der Waals surface area contributed by atoms with Crippen molar-refractivity contribution in [2.45, 2.75) is 54.1 Å². The fourth-order valence-corrected chi connectivity index (χ4v) is 7.72. The standard InChI is InChI=1S/C23H26N2O7/c1-24-6-5-21-11-3-4-12(30-2)19(28)18(11)25-16(27)7-13-17(20(21)25)22(29,8-14(21)26)23(10-24)15(32-23)9-31-13/h3-4,13,15,17,20,28-29H,5-10H2,1-2H3/t13-,15-,17+,20+,21-,22+,23-/m1/s1. The molecule has 6 heterocycles. The molecule has 8 rings (SSSR count). The number of amides is 1. The Hall–Kier alpha value is -2.20. The van der Waals surface area contributed by atoms with Gasteiger partial charge in [-0.1, -0.05) is 6.07 Å². The van der Waals surface area contributed by atoms with Crippen molar-refractivity contribution in [3.8, 4) is 11.5 Å². The van der Waals surface area contributed by atoms with Crippen LogP contribution in [0.1, 0.15) is 24.8 Å². The lowest BCUT2D eigenvalue weighted by Crippen LogP contribution is -2.74. The highest BCUT2D eigenvalue weighted by atomic mass is 16.7. The van der Waals surface area contributed by atoms with Crippen LogP contribution >= 0.6 is 0 Å². The Kier molecular flexibility index (Phi) is 3.40. The van der Waals surface area contributed by atoms with Crippen molar-refractivity contribution in [2.75, 3.05) is 38.8 Å². The Morgan fingerprint density at radius 2 is 2.09 bits per heavy atom. The molecule has 4 bridgehead atoms. The number of hydrogen-bond donors (Lipinski definition) is 2. The molecule has 1 aromatic carbocycles. The maximum Gasteiger partial charge on any atom is 0.230 e. The normalized spacial score (nSPS) is 46.0. The molecule has 0 radical (unpaired) electrons. The van der Waals surface area contributed by atoms with Gasteiger partial charge in [0.1, 0.15) is 23.1 Å². The number of carbonyl (C=O) groups is 2. The van der Waals surface area contributed by atoms with Crippen LogP contribution < -0.4 is 9.64 Å². The average Bonchev–Trinajstić information content (AvgIpc) is 3.37. The Morgan fingerprint density at radius 3 is 2.88 bits per heavy atom. The van der Waals surface area contributed by atoms with Crippen molar-refractivity contribution in [1.29, 1.82) is 0 Å². The Labute approximate surface area is 184 Å². The third kappa shape index (κ3) is 1.85. The number of epoxide rings is 1. The number of hydrogen-bond acceptors (Lipinski definition) is 8. The van der Waals surface area contributed by atoms with Crippen molar-refractivity contribution in [3.63, 3.8) is 0 Å². The molecule has 2 spiro atoms. The number of aliphatic hydroxyl groups is 1. The van der Waals surface area contributed by atoms with Gasteiger partial charge in [0.15, 0.2) is 11.5 Å². The molecule has 170 valence electrons. The Morgan fingerprint density at radius 1 is 1.28 bits per heavy atom. The Balaban J connectivity index is 1.56. The van der Waals surface area contributed by atoms with E-state index in [1.54, 1.807) is 17.0 Å². The molecule has 9 heteroatoms. The summed E-state index contributed by atoms with van der Waals surface area (Å²) in [4.78, 5) is 31.3. The summed E-state index contributed by atoms with van der Waals surface area (Å²) in [6, 6.07) is 2.82. The lowest BCUT2D eigenvalue weighted by Gasteiger charge is -2.57. The van der Waals surface area contributed by atoms with E-state index in [-0.39, 0.29) is 42.1 Å². The number of ketones is 1. The lowest BCUT2D eigenvalue weighted by atomic mass is 9.52. The predicted octanol–water partition coefficient (Wildman–Crippen LogP) is -0.0505. The number of piperidine rings is 1. The smallest absolute Gasteiger partial charge is 0.230 e.